The zero-order valence-electron chi connectivity index (χ0n) is 13.0. The van der Waals surface area contributed by atoms with Gasteiger partial charge in [-0.05, 0) is 31.5 Å². The van der Waals surface area contributed by atoms with E-state index in [4.69, 9.17) is 23.2 Å². The van der Waals surface area contributed by atoms with Crippen LogP contribution in [0.25, 0.3) is 0 Å². The van der Waals surface area contributed by atoms with Crippen LogP contribution in [0.2, 0.25) is 10.0 Å². The molecule has 2 rings (SSSR count). The average molecular weight is 353 g/mol. The Morgan fingerprint density at radius 2 is 2.00 bits per heavy atom. The zero-order valence-corrected chi connectivity index (χ0v) is 14.5. The molecule has 0 bridgehead atoms. The molecule has 0 fully saturated rings. The van der Waals surface area contributed by atoms with Gasteiger partial charge in [0.2, 0.25) is 0 Å². The summed E-state index contributed by atoms with van der Waals surface area (Å²) in [5, 5.41) is 6.97. The number of aryl methyl sites for hydroxylation is 1. The monoisotopic (exact) mass is 352 g/mol. The largest absolute Gasteiger partial charge is 0.351 e. The van der Waals surface area contributed by atoms with Crippen molar-refractivity contribution in [3.05, 3.63) is 45.8 Å². The Morgan fingerprint density at radius 3 is 2.74 bits per heavy atom. The molecule has 0 unspecified atom stereocenters. The lowest BCUT2D eigenvalue weighted by molar-refractivity contribution is 0.0948. The second-order valence-electron chi connectivity index (χ2n) is 5.04. The van der Waals surface area contributed by atoms with Crippen molar-refractivity contribution in [3.63, 3.8) is 0 Å². The van der Waals surface area contributed by atoms with Crippen molar-refractivity contribution in [2.24, 2.45) is 0 Å². The predicted molar refractivity (Wildman–Crippen MR) is 93.8 cm³/mol. The molecule has 122 valence electrons. The number of nitrogens with zero attached hydrogens (tertiary/aromatic N) is 2. The highest BCUT2D eigenvalue weighted by Crippen LogP contribution is 2.28. The van der Waals surface area contributed by atoms with Crippen LogP contribution in [0.1, 0.15) is 36.1 Å². The van der Waals surface area contributed by atoms with Gasteiger partial charge in [-0.1, -0.05) is 36.5 Å². The Morgan fingerprint density at radius 1 is 1.22 bits per heavy atom. The van der Waals surface area contributed by atoms with Gasteiger partial charge in [-0.3, -0.25) is 4.79 Å². The number of nitrogens with one attached hydrogen (secondary N) is 2. The number of anilines is 2. The van der Waals surface area contributed by atoms with Crippen LogP contribution in [0.15, 0.2) is 24.3 Å². The molecule has 1 aromatic heterocycles. The van der Waals surface area contributed by atoms with Crippen LogP contribution in [0.5, 0.6) is 0 Å². The van der Waals surface area contributed by atoms with E-state index in [-0.39, 0.29) is 5.91 Å². The van der Waals surface area contributed by atoms with E-state index in [0.717, 1.165) is 12.8 Å². The summed E-state index contributed by atoms with van der Waals surface area (Å²) in [5.41, 5.74) is 0.934. The maximum absolute atomic E-state index is 12.1. The fraction of sp³-hybridized carbons (Fsp3) is 0.312. The fourth-order valence-electron chi connectivity index (χ4n) is 1.95. The van der Waals surface area contributed by atoms with E-state index >= 15 is 0 Å². The van der Waals surface area contributed by atoms with Crippen molar-refractivity contribution < 1.29 is 4.79 Å². The first-order chi connectivity index (χ1) is 11.0. The van der Waals surface area contributed by atoms with Crippen LogP contribution >= 0.6 is 23.2 Å². The number of carbonyl (C=O) groups excluding carboxylic acids is 1. The number of hydrogen-bond donors (Lipinski definition) is 2. The van der Waals surface area contributed by atoms with Crippen molar-refractivity contribution in [3.8, 4) is 0 Å². The molecule has 5 nitrogen and oxygen atoms in total. The normalized spacial score (nSPS) is 10.4. The molecule has 0 aliphatic heterocycles. The maximum atomic E-state index is 12.1. The highest BCUT2D eigenvalue weighted by atomic mass is 35.5. The molecule has 2 N–H and O–H groups in total. The van der Waals surface area contributed by atoms with Crippen LogP contribution in [0.3, 0.4) is 0 Å². The van der Waals surface area contributed by atoms with Gasteiger partial charge >= 0.3 is 0 Å². The summed E-state index contributed by atoms with van der Waals surface area (Å²) in [6.07, 6.45) is 1.95. The third kappa shape index (κ3) is 5.08. The van der Waals surface area contributed by atoms with E-state index in [2.05, 4.69) is 27.5 Å². The molecule has 1 heterocycles. The minimum atomic E-state index is -0.218. The number of hydrogen-bond acceptors (Lipinski definition) is 4. The molecule has 23 heavy (non-hydrogen) atoms. The molecule has 0 radical (unpaired) electrons. The summed E-state index contributed by atoms with van der Waals surface area (Å²) >= 11 is 12.1. The van der Waals surface area contributed by atoms with Crippen molar-refractivity contribution in [2.45, 2.75) is 26.7 Å². The quantitative estimate of drug-likeness (QED) is 0.757. The fourth-order valence-corrected chi connectivity index (χ4v) is 2.29. The number of unbranched alkanes of at least 4 members (excludes halogenated alkanes) is 1. The van der Waals surface area contributed by atoms with Crippen LogP contribution in [-0.4, -0.2) is 22.4 Å². The highest BCUT2D eigenvalue weighted by molar-refractivity contribution is 6.35. The van der Waals surface area contributed by atoms with Crippen molar-refractivity contribution in [2.75, 3.05) is 11.9 Å². The van der Waals surface area contributed by atoms with Gasteiger partial charge in [-0.15, -0.1) is 0 Å². The van der Waals surface area contributed by atoms with E-state index in [9.17, 15) is 4.79 Å². The van der Waals surface area contributed by atoms with Crippen LogP contribution in [-0.2, 0) is 0 Å². The summed E-state index contributed by atoms with van der Waals surface area (Å²) in [7, 11) is 0. The van der Waals surface area contributed by atoms with E-state index in [1.54, 1.807) is 31.2 Å². The molecule has 0 spiro atoms. The van der Waals surface area contributed by atoms with Gasteiger partial charge in [-0.25, -0.2) is 9.97 Å². The van der Waals surface area contributed by atoms with Gasteiger partial charge in [0.1, 0.15) is 17.3 Å². The standard InChI is InChI=1S/C16H18Cl2N4O/c1-3-4-7-19-16(23)14-9-15(21-10(2)20-14)22-13-8-11(17)5-6-12(13)18/h5-6,8-9H,3-4,7H2,1-2H3,(H,19,23)(H,20,21,22). The summed E-state index contributed by atoms with van der Waals surface area (Å²) in [4.78, 5) is 20.6. The summed E-state index contributed by atoms with van der Waals surface area (Å²) in [5.74, 6) is 0.764. The number of rotatable bonds is 6. The van der Waals surface area contributed by atoms with Crippen molar-refractivity contribution in [1.29, 1.82) is 0 Å². The second-order valence-corrected chi connectivity index (χ2v) is 5.89. The van der Waals surface area contributed by atoms with Crippen molar-refractivity contribution >= 4 is 40.6 Å². The molecule has 0 aliphatic rings. The Bertz CT molecular complexity index is 706. The SMILES string of the molecule is CCCCNC(=O)c1cc(Nc2cc(Cl)ccc2Cl)nc(C)n1. The topological polar surface area (TPSA) is 66.9 Å². The Kier molecular flexibility index (Phi) is 6.19. The van der Waals surface area contributed by atoms with Crippen LogP contribution in [0, 0.1) is 6.92 Å². The first kappa shape index (κ1) is 17.5. The van der Waals surface area contributed by atoms with Gasteiger partial charge in [0.05, 0.1) is 10.7 Å². The Balaban J connectivity index is 2.20. The summed E-state index contributed by atoms with van der Waals surface area (Å²) in [6, 6.07) is 6.68. The van der Waals surface area contributed by atoms with E-state index in [1.807, 2.05) is 0 Å². The van der Waals surface area contributed by atoms with Gasteiger partial charge in [0.25, 0.3) is 5.91 Å². The average Bonchev–Trinajstić information content (AvgIpc) is 2.50. The van der Waals surface area contributed by atoms with Crippen molar-refractivity contribution in [1.82, 2.24) is 15.3 Å². The minimum Gasteiger partial charge on any atom is -0.351 e. The molecular weight excluding hydrogens is 335 g/mol. The van der Waals surface area contributed by atoms with Gasteiger partial charge in [0, 0.05) is 17.6 Å². The maximum Gasteiger partial charge on any atom is 0.270 e. The molecule has 7 heteroatoms. The first-order valence-electron chi connectivity index (χ1n) is 7.35. The zero-order chi connectivity index (χ0) is 16.8. The second kappa shape index (κ2) is 8.13. The lowest BCUT2D eigenvalue weighted by Crippen LogP contribution is -2.25. The highest BCUT2D eigenvalue weighted by Gasteiger charge is 2.11. The molecule has 2 aromatic rings. The lowest BCUT2D eigenvalue weighted by Gasteiger charge is -2.10. The number of aromatic nitrogens is 2. The molecule has 0 saturated heterocycles. The minimum absolute atomic E-state index is 0.218. The molecule has 0 atom stereocenters. The van der Waals surface area contributed by atoms with Crippen LogP contribution in [0.4, 0.5) is 11.5 Å². The molecular formula is C16H18Cl2N4O. The van der Waals surface area contributed by atoms with E-state index < -0.39 is 0 Å². The summed E-state index contributed by atoms with van der Waals surface area (Å²) < 4.78 is 0. The first-order valence-corrected chi connectivity index (χ1v) is 8.11. The van der Waals surface area contributed by atoms with E-state index in [1.165, 1.54) is 0 Å². The Hall–Kier alpha value is -1.85. The number of amides is 1. The predicted octanol–water partition coefficient (Wildman–Crippen LogP) is 4.37. The third-order valence-corrected chi connectivity index (χ3v) is 3.64. The lowest BCUT2D eigenvalue weighted by atomic mass is 10.3. The van der Waals surface area contributed by atoms with Gasteiger partial charge < -0.3 is 10.6 Å². The molecule has 0 saturated carbocycles. The molecule has 1 amide bonds. The summed E-state index contributed by atoms with van der Waals surface area (Å²) in [6.45, 7) is 4.42. The Labute approximate surface area is 145 Å². The van der Waals surface area contributed by atoms with Gasteiger partial charge in [-0.2, -0.15) is 0 Å². The number of carbonyl (C=O) groups is 1. The van der Waals surface area contributed by atoms with E-state index in [0.29, 0.717) is 39.6 Å². The van der Waals surface area contributed by atoms with Gasteiger partial charge in [0.15, 0.2) is 0 Å². The number of halogens is 2. The molecule has 0 aliphatic carbocycles. The smallest absolute Gasteiger partial charge is 0.270 e. The molecule has 1 aromatic carbocycles. The van der Waals surface area contributed by atoms with Crippen LogP contribution < -0.4 is 10.6 Å². The number of benzene rings is 1. The third-order valence-electron chi connectivity index (χ3n) is 3.08.